The van der Waals surface area contributed by atoms with E-state index in [9.17, 15) is 4.79 Å². The largest absolute Gasteiger partial charge is 0.492 e. The molecule has 0 bridgehead atoms. The van der Waals surface area contributed by atoms with Crippen LogP contribution in [-0.4, -0.2) is 41.1 Å². The Bertz CT molecular complexity index is 874. The summed E-state index contributed by atoms with van der Waals surface area (Å²) < 4.78 is 5.84. The number of hydrogen-bond donors (Lipinski definition) is 2. The quantitative estimate of drug-likeness (QED) is 0.759. The third-order valence-electron chi connectivity index (χ3n) is 4.59. The van der Waals surface area contributed by atoms with Crippen molar-refractivity contribution in [3.05, 3.63) is 52.9 Å². The molecule has 0 amide bonds. The Hall–Kier alpha value is -2.53. The summed E-state index contributed by atoms with van der Waals surface area (Å²) >= 11 is 0. The smallest absolute Gasteiger partial charge is 0.323 e. The first-order valence-corrected chi connectivity index (χ1v) is 8.46. The number of aromatic nitrogens is 2. The van der Waals surface area contributed by atoms with Gasteiger partial charge in [-0.3, -0.25) is 4.90 Å². The van der Waals surface area contributed by atoms with Gasteiger partial charge in [-0.2, -0.15) is 0 Å². The van der Waals surface area contributed by atoms with Crippen LogP contribution in [0.2, 0.25) is 0 Å². The number of aromatic amines is 2. The van der Waals surface area contributed by atoms with Crippen LogP contribution in [0.1, 0.15) is 12.8 Å². The molecular weight excluding hydrogens is 302 g/mol. The van der Waals surface area contributed by atoms with Gasteiger partial charge in [-0.15, -0.1) is 0 Å². The van der Waals surface area contributed by atoms with Crippen molar-refractivity contribution in [2.75, 3.05) is 26.2 Å². The van der Waals surface area contributed by atoms with Crippen LogP contribution in [-0.2, 0) is 0 Å². The molecule has 2 N–H and O–H groups in total. The first-order valence-electron chi connectivity index (χ1n) is 8.46. The average molecular weight is 323 g/mol. The molecule has 4 rings (SSSR count). The molecule has 1 aromatic heterocycles. The van der Waals surface area contributed by atoms with E-state index in [1.54, 1.807) is 0 Å². The molecule has 0 unspecified atom stereocenters. The maximum atomic E-state index is 11.5. The molecule has 0 atom stereocenters. The summed E-state index contributed by atoms with van der Waals surface area (Å²) in [5, 5.41) is 0. The topological polar surface area (TPSA) is 61.1 Å². The number of nitrogens with one attached hydrogen (secondary N) is 2. The van der Waals surface area contributed by atoms with E-state index in [2.05, 4.69) is 14.9 Å². The van der Waals surface area contributed by atoms with E-state index in [1.165, 1.54) is 25.9 Å². The van der Waals surface area contributed by atoms with Crippen molar-refractivity contribution in [3.63, 3.8) is 0 Å². The van der Waals surface area contributed by atoms with Crippen LogP contribution in [0.15, 0.2) is 47.3 Å². The summed E-state index contributed by atoms with van der Waals surface area (Å²) in [6.45, 7) is 4.11. The molecule has 0 radical (unpaired) electrons. The zero-order chi connectivity index (χ0) is 16.4. The molecule has 0 spiro atoms. The van der Waals surface area contributed by atoms with Crippen LogP contribution < -0.4 is 10.4 Å². The van der Waals surface area contributed by atoms with E-state index in [-0.39, 0.29) is 5.69 Å². The van der Waals surface area contributed by atoms with Gasteiger partial charge in [-0.1, -0.05) is 24.3 Å². The second-order valence-corrected chi connectivity index (χ2v) is 6.23. The van der Waals surface area contributed by atoms with Crippen molar-refractivity contribution >= 4 is 11.0 Å². The van der Waals surface area contributed by atoms with Gasteiger partial charge in [0, 0.05) is 12.1 Å². The fourth-order valence-electron chi connectivity index (χ4n) is 3.33. The minimum absolute atomic E-state index is 0.181. The molecule has 3 aromatic rings. The van der Waals surface area contributed by atoms with Crippen molar-refractivity contribution in [2.45, 2.75) is 12.8 Å². The van der Waals surface area contributed by atoms with Crippen LogP contribution >= 0.6 is 0 Å². The van der Waals surface area contributed by atoms with E-state index in [0.717, 1.165) is 41.1 Å². The number of rotatable bonds is 5. The van der Waals surface area contributed by atoms with Gasteiger partial charge in [0.15, 0.2) is 0 Å². The normalized spacial score (nSPS) is 15.2. The van der Waals surface area contributed by atoms with Gasteiger partial charge >= 0.3 is 5.69 Å². The monoisotopic (exact) mass is 323 g/mol. The first-order chi connectivity index (χ1) is 11.8. The Balaban J connectivity index is 1.47. The van der Waals surface area contributed by atoms with Crippen molar-refractivity contribution in [3.8, 4) is 16.9 Å². The lowest BCUT2D eigenvalue weighted by atomic mass is 10.0. The van der Waals surface area contributed by atoms with Gasteiger partial charge in [0.05, 0.1) is 11.0 Å². The molecule has 1 saturated heterocycles. The minimum Gasteiger partial charge on any atom is -0.492 e. The Morgan fingerprint density at radius 1 is 1.00 bits per heavy atom. The van der Waals surface area contributed by atoms with E-state index < -0.39 is 0 Å². The van der Waals surface area contributed by atoms with Crippen LogP contribution in [0, 0.1) is 0 Å². The number of ether oxygens (including phenoxy) is 1. The zero-order valence-electron chi connectivity index (χ0n) is 13.5. The van der Waals surface area contributed by atoms with Gasteiger partial charge < -0.3 is 14.7 Å². The molecular formula is C19H21N3O2. The van der Waals surface area contributed by atoms with Crippen molar-refractivity contribution < 1.29 is 4.74 Å². The maximum absolute atomic E-state index is 11.5. The van der Waals surface area contributed by atoms with Crippen LogP contribution in [0.25, 0.3) is 22.2 Å². The Morgan fingerprint density at radius 3 is 2.58 bits per heavy atom. The summed E-state index contributed by atoms with van der Waals surface area (Å²) in [4.78, 5) is 19.6. The number of H-pyrrole nitrogens is 2. The molecule has 1 aliphatic heterocycles. The Kier molecular flexibility index (Phi) is 4.09. The van der Waals surface area contributed by atoms with Crippen molar-refractivity contribution in [1.29, 1.82) is 0 Å². The van der Waals surface area contributed by atoms with Gasteiger partial charge in [-0.05, 0) is 49.7 Å². The fraction of sp³-hybridized carbons (Fsp3) is 0.316. The predicted molar refractivity (Wildman–Crippen MR) is 95.5 cm³/mol. The first kappa shape index (κ1) is 15.0. The van der Waals surface area contributed by atoms with Crippen molar-refractivity contribution in [1.82, 2.24) is 14.9 Å². The zero-order valence-corrected chi connectivity index (χ0v) is 13.5. The summed E-state index contributed by atoms with van der Waals surface area (Å²) in [6, 6.07) is 13.9. The molecule has 1 aliphatic rings. The Morgan fingerprint density at radius 2 is 1.79 bits per heavy atom. The second kappa shape index (κ2) is 6.53. The lowest BCUT2D eigenvalue weighted by Crippen LogP contribution is -2.25. The van der Waals surface area contributed by atoms with Gasteiger partial charge in [0.25, 0.3) is 0 Å². The van der Waals surface area contributed by atoms with Crippen LogP contribution in [0.3, 0.4) is 0 Å². The third kappa shape index (κ3) is 3.08. The predicted octanol–water partition coefficient (Wildman–Crippen LogP) is 3.00. The number of benzene rings is 2. The molecule has 5 nitrogen and oxygen atoms in total. The molecule has 2 heterocycles. The van der Waals surface area contributed by atoms with E-state index >= 15 is 0 Å². The van der Waals surface area contributed by atoms with Gasteiger partial charge in [0.1, 0.15) is 12.4 Å². The number of para-hydroxylation sites is 1. The number of nitrogens with zero attached hydrogens (tertiary/aromatic N) is 1. The summed E-state index contributed by atoms with van der Waals surface area (Å²) in [5.74, 6) is 0.882. The Labute approximate surface area is 140 Å². The van der Waals surface area contributed by atoms with Crippen LogP contribution in [0.4, 0.5) is 0 Å². The van der Waals surface area contributed by atoms with E-state index in [0.29, 0.717) is 0 Å². The molecule has 0 aliphatic carbocycles. The van der Waals surface area contributed by atoms with E-state index in [4.69, 9.17) is 4.74 Å². The standard InChI is InChI=1S/C19H21N3O2/c23-19-20-17-5-3-4-16(18(17)21-19)14-6-8-15(9-7-14)24-13-12-22-10-1-2-11-22/h3-9H,1-2,10-13H2,(H2,20,21,23). The molecule has 1 fully saturated rings. The lowest BCUT2D eigenvalue weighted by Gasteiger charge is -2.15. The van der Waals surface area contributed by atoms with Gasteiger partial charge in [0.2, 0.25) is 0 Å². The molecule has 0 saturated carbocycles. The number of fused-ring (bicyclic) bond motifs is 1. The number of imidazole rings is 1. The summed E-state index contributed by atoms with van der Waals surface area (Å²) in [7, 11) is 0. The lowest BCUT2D eigenvalue weighted by molar-refractivity contribution is 0.238. The fourth-order valence-corrected chi connectivity index (χ4v) is 3.33. The molecule has 5 heteroatoms. The molecule has 24 heavy (non-hydrogen) atoms. The highest BCUT2D eigenvalue weighted by atomic mass is 16.5. The van der Waals surface area contributed by atoms with E-state index in [1.807, 2.05) is 42.5 Å². The summed E-state index contributed by atoms with van der Waals surface area (Å²) in [6.07, 6.45) is 2.61. The second-order valence-electron chi connectivity index (χ2n) is 6.23. The number of hydrogen-bond acceptors (Lipinski definition) is 3. The van der Waals surface area contributed by atoms with Crippen molar-refractivity contribution in [2.24, 2.45) is 0 Å². The third-order valence-corrected chi connectivity index (χ3v) is 4.59. The maximum Gasteiger partial charge on any atom is 0.323 e. The van der Waals surface area contributed by atoms with Crippen LogP contribution in [0.5, 0.6) is 5.75 Å². The summed E-state index contributed by atoms with van der Waals surface area (Å²) in [5.41, 5.74) is 3.55. The highest BCUT2D eigenvalue weighted by Crippen LogP contribution is 2.27. The highest BCUT2D eigenvalue weighted by Gasteiger charge is 2.11. The average Bonchev–Trinajstić information content (AvgIpc) is 3.23. The SMILES string of the molecule is O=c1[nH]c2cccc(-c3ccc(OCCN4CCCC4)cc3)c2[nH]1. The molecule has 124 valence electrons. The molecule has 2 aromatic carbocycles. The minimum atomic E-state index is -0.181. The highest BCUT2D eigenvalue weighted by molar-refractivity contribution is 5.91. The van der Waals surface area contributed by atoms with Gasteiger partial charge in [-0.25, -0.2) is 4.79 Å². The number of likely N-dealkylation sites (tertiary alicyclic amines) is 1.